The molecule has 0 atom stereocenters. The average Bonchev–Trinajstić information content (AvgIpc) is 2.72. The van der Waals surface area contributed by atoms with E-state index in [0.717, 1.165) is 26.2 Å². The Morgan fingerprint density at radius 3 is 2.37 bits per heavy atom. The Hall–Kier alpha value is -0.200. The van der Waals surface area contributed by atoms with Crippen molar-refractivity contribution < 1.29 is 0 Å². The quantitative estimate of drug-likeness (QED) is 0.593. The van der Waals surface area contributed by atoms with Crippen LogP contribution in [-0.4, -0.2) is 14.8 Å². The first-order chi connectivity index (χ1) is 8.84. The van der Waals surface area contributed by atoms with Crippen LogP contribution in [0.5, 0.6) is 0 Å². The van der Waals surface area contributed by atoms with Gasteiger partial charge in [-0.05, 0) is 54.9 Å². The molecule has 19 heavy (non-hydrogen) atoms. The van der Waals surface area contributed by atoms with Crippen molar-refractivity contribution >= 4 is 47.8 Å². The lowest BCUT2D eigenvalue weighted by atomic mass is 10.1. The summed E-state index contributed by atoms with van der Waals surface area (Å²) in [7, 11) is 0. The van der Waals surface area contributed by atoms with Crippen molar-refractivity contribution in [3.63, 3.8) is 0 Å². The normalized spacial score (nSPS) is 11.9. The van der Waals surface area contributed by atoms with E-state index in [2.05, 4.69) is 83.3 Å². The van der Waals surface area contributed by atoms with E-state index in [-0.39, 0.29) is 5.54 Å². The molecule has 0 radical (unpaired) electrons. The van der Waals surface area contributed by atoms with Gasteiger partial charge in [-0.25, -0.2) is 0 Å². The van der Waals surface area contributed by atoms with Crippen LogP contribution in [0.2, 0.25) is 0 Å². The highest BCUT2D eigenvalue weighted by Gasteiger charge is 2.24. The molecule has 0 saturated heterocycles. The lowest BCUT2D eigenvalue weighted by Gasteiger charge is -2.25. The molecule has 0 aliphatic carbocycles. The summed E-state index contributed by atoms with van der Waals surface area (Å²) >= 11 is 10.5. The third kappa shape index (κ3) is 3.11. The molecule has 1 aromatic heterocycles. The van der Waals surface area contributed by atoms with E-state index in [9.17, 15) is 0 Å². The predicted molar refractivity (Wildman–Crippen MR) is 88.5 cm³/mol. The van der Waals surface area contributed by atoms with Crippen LogP contribution in [0.3, 0.4) is 0 Å². The number of aromatic nitrogens is 3. The van der Waals surface area contributed by atoms with Gasteiger partial charge in [0.2, 0.25) is 0 Å². The minimum atomic E-state index is -0.0750. The Morgan fingerprint density at radius 2 is 1.84 bits per heavy atom. The fourth-order valence-corrected chi connectivity index (χ4v) is 3.54. The molecule has 0 amide bonds. The summed E-state index contributed by atoms with van der Waals surface area (Å²) in [6.07, 6.45) is 0. The Bertz CT molecular complexity index is 600. The third-order valence-electron chi connectivity index (χ3n) is 2.69. The molecule has 0 fully saturated rings. The van der Waals surface area contributed by atoms with E-state index >= 15 is 0 Å². The van der Waals surface area contributed by atoms with E-state index in [1.54, 1.807) is 0 Å². The number of rotatable bonds is 2. The van der Waals surface area contributed by atoms with Gasteiger partial charge in [0.25, 0.3) is 0 Å². The molecule has 0 spiro atoms. The van der Waals surface area contributed by atoms with Crippen LogP contribution in [-0.2, 0) is 10.9 Å². The molecule has 1 heterocycles. The van der Waals surface area contributed by atoms with Crippen molar-refractivity contribution in [3.05, 3.63) is 33.0 Å². The van der Waals surface area contributed by atoms with Gasteiger partial charge in [0.1, 0.15) is 5.82 Å². The standard InChI is InChI=1S/C13H14Br3N3/c1-13(2,3)19-11(7-14)17-18-12(19)9-5-4-8(15)6-10(9)16/h4-6H,7H2,1-3H3. The molecule has 0 aliphatic heterocycles. The largest absolute Gasteiger partial charge is 0.305 e. The number of halogens is 3. The summed E-state index contributed by atoms with van der Waals surface area (Å²) in [5.74, 6) is 1.80. The van der Waals surface area contributed by atoms with E-state index < -0.39 is 0 Å². The highest BCUT2D eigenvalue weighted by molar-refractivity contribution is 9.11. The molecule has 2 rings (SSSR count). The number of hydrogen-bond acceptors (Lipinski definition) is 2. The van der Waals surface area contributed by atoms with Gasteiger partial charge in [0.05, 0.1) is 5.33 Å². The zero-order valence-electron chi connectivity index (χ0n) is 10.9. The Balaban J connectivity index is 2.66. The third-order valence-corrected chi connectivity index (χ3v) is 4.34. The van der Waals surface area contributed by atoms with Gasteiger partial charge in [0.15, 0.2) is 5.82 Å². The van der Waals surface area contributed by atoms with Crippen LogP contribution in [0, 0.1) is 0 Å². The summed E-state index contributed by atoms with van der Waals surface area (Å²) in [5.41, 5.74) is 0.965. The first-order valence-corrected chi connectivity index (χ1v) is 8.51. The zero-order valence-corrected chi connectivity index (χ0v) is 15.7. The first-order valence-electron chi connectivity index (χ1n) is 5.80. The average molecular weight is 452 g/mol. The Labute approximate surface area is 138 Å². The summed E-state index contributed by atoms with van der Waals surface area (Å²) in [5, 5.41) is 9.31. The zero-order chi connectivity index (χ0) is 14.2. The summed E-state index contributed by atoms with van der Waals surface area (Å²) < 4.78 is 4.20. The number of alkyl halides is 1. The van der Waals surface area contributed by atoms with Crippen LogP contribution in [0.4, 0.5) is 0 Å². The van der Waals surface area contributed by atoms with Crippen molar-refractivity contribution in [2.75, 3.05) is 0 Å². The van der Waals surface area contributed by atoms with Crippen LogP contribution in [0.25, 0.3) is 11.4 Å². The first kappa shape index (κ1) is 15.2. The molecule has 1 aromatic carbocycles. The van der Waals surface area contributed by atoms with Crippen molar-refractivity contribution in [1.82, 2.24) is 14.8 Å². The van der Waals surface area contributed by atoms with Gasteiger partial charge in [-0.15, -0.1) is 10.2 Å². The highest BCUT2D eigenvalue weighted by Crippen LogP contribution is 2.33. The molecule has 0 N–H and O–H groups in total. The summed E-state index contributed by atoms with van der Waals surface area (Å²) in [6, 6.07) is 6.07. The van der Waals surface area contributed by atoms with Gasteiger partial charge < -0.3 is 4.57 Å². The Morgan fingerprint density at radius 1 is 1.16 bits per heavy atom. The molecular weight excluding hydrogens is 438 g/mol. The Kier molecular flexibility index (Phi) is 4.52. The molecule has 3 nitrogen and oxygen atoms in total. The summed E-state index contributed by atoms with van der Waals surface area (Å²) in [6.45, 7) is 6.45. The van der Waals surface area contributed by atoms with E-state index in [0.29, 0.717) is 5.33 Å². The molecule has 0 bridgehead atoms. The fraction of sp³-hybridized carbons (Fsp3) is 0.385. The molecule has 0 saturated carbocycles. The molecular formula is C13H14Br3N3. The molecule has 2 aromatic rings. The van der Waals surface area contributed by atoms with Crippen LogP contribution < -0.4 is 0 Å². The van der Waals surface area contributed by atoms with Gasteiger partial charge in [-0.3, -0.25) is 0 Å². The van der Waals surface area contributed by atoms with Crippen LogP contribution in [0.1, 0.15) is 26.6 Å². The SMILES string of the molecule is CC(C)(C)n1c(CBr)nnc1-c1ccc(Br)cc1Br. The monoisotopic (exact) mass is 449 g/mol. The van der Waals surface area contributed by atoms with E-state index in [1.807, 2.05) is 18.2 Å². The van der Waals surface area contributed by atoms with Gasteiger partial charge >= 0.3 is 0 Å². The highest BCUT2D eigenvalue weighted by atomic mass is 79.9. The van der Waals surface area contributed by atoms with Crippen molar-refractivity contribution in [2.24, 2.45) is 0 Å². The minimum Gasteiger partial charge on any atom is -0.305 e. The predicted octanol–water partition coefficient (Wildman–Crippen LogP) is 5.12. The molecule has 0 unspecified atom stereocenters. The second-order valence-corrected chi connectivity index (χ2v) is 7.53. The smallest absolute Gasteiger partial charge is 0.165 e. The maximum atomic E-state index is 4.35. The topological polar surface area (TPSA) is 30.7 Å². The summed E-state index contributed by atoms with van der Waals surface area (Å²) in [4.78, 5) is 0. The number of benzene rings is 1. The second kappa shape index (κ2) is 5.66. The number of hydrogen-bond donors (Lipinski definition) is 0. The van der Waals surface area contributed by atoms with Crippen molar-refractivity contribution in [2.45, 2.75) is 31.6 Å². The molecule has 6 heteroatoms. The van der Waals surface area contributed by atoms with Crippen molar-refractivity contribution in [3.8, 4) is 11.4 Å². The molecule has 0 aliphatic rings. The minimum absolute atomic E-state index is 0.0750. The van der Waals surface area contributed by atoms with Gasteiger partial charge in [-0.1, -0.05) is 31.9 Å². The van der Waals surface area contributed by atoms with Gasteiger partial charge in [-0.2, -0.15) is 0 Å². The van der Waals surface area contributed by atoms with Crippen molar-refractivity contribution in [1.29, 1.82) is 0 Å². The van der Waals surface area contributed by atoms with Crippen LogP contribution >= 0.6 is 47.8 Å². The lowest BCUT2D eigenvalue weighted by molar-refractivity contribution is 0.391. The molecule has 102 valence electrons. The lowest BCUT2D eigenvalue weighted by Crippen LogP contribution is -2.24. The fourth-order valence-electron chi connectivity index (χ4n) is 1.95. The second-order valence-electron chi connectivity index (χ2n) is 5.20. The van der Waals surface area contributed by atoms with E-state index in [4.69, 9.17) is 0 Å². The maximum Gasteiger partial charge on any atom is 0.165 e. The number of nitrogens with zero attached hydrogens (tertiary/aromatic N) is 3. The van der Waals surface area contributed by atoms with E-state index in [1.165, 1.54) is 0 Å². The van der Waals surface area contributed by atoms with Crippen LogP contribution in [0.15, 0.2) is 27.1 Å². The van der Waals surface area contributed by atoms with Gasteiger partial charge in [0, 0.05) is 20.0 Å². The maximum absolute atomic E-state index is 4.35.